The van der Waals surface area contributed by atoms with Crippen LogP contribution in [0.1, 0.15) is 5.56 Å². The number of rotatable bonds is 5. The van der Waals surface area contributed by atoms with E-state index in [1.54, 1.807) is 4.68 Å². The number of aryl methyl sites for hydroxylation is 1. The summed E-state index contributed by atoms with van der Waals surface area (Å²) in [6.45, 7) is 0. The van der Waals surface area contributed by atoms with Crippen LogP contribution in [0, 0.1) is 0 Å². The minimum Gasteiger partial charge on any atom is -0.347 e. The molecule has 118 valence electrons. The van der Waals surface area contributed by atoms with Crippen LogP contribution in [0.3, 0.4) is 0 Å². The lowest BCUT2D eigenvalue weighted by molar-refractivity contribution is 0.753. The van der Waals surface area contributed by atoms with Gasteiger partial charge in [-0.25, -0.2) is 4.68 Å². The molecule has 0 saturated carbocycles. The van der Waals surface area contributed by atoms with Crippen molar-refractivity contribution in [3.8, 4) is 11.4 Å². The molecule has 0 amide bonds. The van der Waals surface area contributed by atoms with Crippen molar-refractivity contribution in [1.82, 2.24) is 14.8 Å². The Morgan fingerprint density at radius 1 is 1.00 bits per heavy atom. The molecule has 0 aliphatic heterocycles. The maximum Gasteiger partial charge on any atom is 0.223 e. The van der Waals surface area contributed by atoms with Crippen LogP contribution in [-0.4, -0.2) is 28.9 Å². The molecule has 23 heavy (non-hydrogen) atoms. The Morgan fingerprint density at radius 2 is 1.70 bits per heavy atom. The van der Waals surface area contributed by atoms with E-state index < -0.39 is 0 Å². The van der Waals surface area contributed by atoms with Gasteiger partial charge in [-0.05, 0) is 17.7 Å². The van der Waals surface area contributed by atoms with Gasteiger partial charge in [-0.3, -0.25) is 0 Å². The zero-order valence-corrected chi connectivity index (χ0v) is 14.4. The first-order valence-corrected chi connectivity index (χ1v) is 8.47. The smallest absolute Gasteiger partial charge is 0.223 e. The third kappa shape index (κ3) is 3.74. The Kier molecular flexibility index (Phi) is 4.67. The van der Waals surface area contributed by atoms with Crippen LogP contribution in [-0.2, 0) is 12.8 Å². The molecule has 0 aliphatic carbocycles. The lowest BCUT2D eigenvalue weighted by Crippen LogP contribution is -2.14. The van der Waals surface area contributed by atoms with Crippen LogP contribution in [0.15, 0.2) is 59.5 Å². The second-order valence-corrected chi connectivity index (χ2v) is 6.60. The summed E-state index contributed by atoms with van der Waals surface area (Å²) in [5.74, 6) is 2.59. The summed E-state index contributed by atoms with van der Waals surface area (Å²) >= 11 is 1.84. The zero-order valence-electron chi connectivity index (χ0n) is 13.6. The summed E-state index contributed by atoms with van der Waals surface area (Å²) in [4.78, 5) is 7.78. The maximum absolute atomic E-state index is 4.57. The minimum atomic E-state index is 0.760. The predicted molar refractivity (Wildman–Crippen MR) is 96.8 cm³/mol. The van der Waals surface area contributed by atoms with Crippen molar-refractivity contribution >= 4 is 17.7 Å². The van der Waals surface area contributed by atoms with E-state index in [-0.39, 0.29) is 0 Å². The van der Waals surface area contributed by atoms with Crippen LogP contribution in [0.4, 0.5) is 5.95 Å². The Bertz CT molecular complexity index is 763. The highest BCUT2D eigenvalue weighted by atomic mass is 32.2. The van der Waals surface area contributed by atoms with Crippen molar-refractivity contribution < 1.29 is 0 Å². The molecular formula is C18H20N4S. The number of anilines is 1. The average molecular weight is 324 g/mol. The van der Waals surface area contributed by atoms with Gasteiger partial charge >= 0.3 is 0 Å². The largest absolute Gasteiger partial charge is 0.347 e. The third-order valence-corrected chi connectivity index (χ3v) is 4.58. The van der Waals surface area contributed by atoms with E-state index in [4.69, 9.17) is 0 Å². The molecule has 0 fully saturated rings. The first-order chi connectivity index (χ1) is 11.1. The molecule has 0 bridgehead atoms. The van der Waals surface area contributed by atoms with Gasteiger partial charge in [0.25, 0.3) is 0 Å². The molecule has 4 nitrogen and oxygen atoms in total. The van der Waals surface area contributed by atoms with Gasteiger partial charge in [0.2, 0.25) is 5.95 Å². The fourth-order valence-electron chi connectivity index (χ4n) is 2.33. The van der Waals surface area contributed by atoms with Gasteiger partial charge in [-0.1, -0.05) is 42.5 Å². The van der Waals surface area contributed by atoms with E-state index in [0.717, 1.165) is 23.1 Å². The lowest BCUT2D eigenvalue weighted by atomic mass is 10.2. The molecule has 2 aromatic carbocycles. The molecule has 0 spiro atoms. The fraction of sp³-hybridized carbons (Fsp3) is 0.222. The van der Waals surface area contributed by atoms with Crippen LogP contribution >= 0.6 is 11.8 Å². The van der Waals surface area contributed by atoms with Gasteiger partial charge < -0.3 is 4.90 Å². The monoisotopic (exact) mass is 324 g/mol. The Morgan fingerprint density at radius 3 is 2.30 bits per heavy atom. The Labute approximate surface area is 141 Å². The van der Waals surface area contributed by atoms with E-state index in [2.05, 4.69) is 58.6 Å². The van der Waals surface area contributed by atoms with Crippen molar-refractivity contribution in [3.63, 3.8) is 0 Å². The highest BCUT2D eigenvalue weighted by Crippen LogP contribution is 2.26. The minimum absolute atomic E-state index is 0.760. The summed E-state index contributed by atoms with van der Waals surface area (Å²) in [6, 6.07) is 18.9. The first kappa shape index (κ1) is 15.6. The summed E-state index contributed by atoms with van der Waals surface area (Å²) < 4.78 is 1.80. The molecule has 0 radical (unpaired) electrons. The number of aromatic nitrogens is 3. The molecular weight excluding hydrogens is 304 g/mol. The molecule has 3 rings (SSSR count). The quantitative estimate of drug-likeness (QED) is 0.668. The summed E-state index contributed by atoms with van der Waals surface area (Å²) in [6.07, 6.45) is 0. The van der Waals surface area contributed by atoms with Crippen LogP contribution < -0.4 is 4.90 Å². The normalized spacial score (nSPS) is 10.7. The third-order valence-electron chi connectivity index (χ3n) is 3.50. The van der Waals surface area contributed by atoms with E-state index >= 15 is 0 Å². The zero-order chi connectivity index (χ0) is 16.2. The van der Waals surface area contributed by atoms with Gasteiger partial charge in [0.05, 0.1) is 0 Å². The Hall–Kier alpha value is -2.27. The van der Waals surface area contributed by atoms with Gasteiger partial charge in [0, 0.05) is 37.4 Å². The molecule has 0 atom stereocenters. The van der Waals surface area contributed by atoms with Crippen molar-refractivity contribution in [2.45, 2.75) is 10.6 Å². The van der Waals surface area contributed by atoms with Crippen LogP contribution in [0.5, 0.6) is 0 Å². The second kappa shape index (κ2) is 6.87. The maximum atomic E-state index is 4.57. The van der Waals surface area contributed by atoms with Crippen LogP contribution in [0.25, 0.3) is 11.4 Å². The van der Waals surface area contributed by atoms with Gasteiger partial charge in [0.1, 0.15) is 0 Å². The summed E-state index contributed by atoms with van der Waals surface area (Å²) in [5, 5.41) is 4.48. The van der Waals surface area contributed by atoms with Crippen molar-refractivity contribution in [2.75, 3.05) is 19.0 Å². The first-order valence-electron chi connectivity index (χ1n) is 7.49. The van der Waals surface area contributed by atoms with E-state index in [1.165, 1.54) is 10.5 Å². The highest BCUT2D eigenvalue weighted by Gasteiger charge is 2.10. The van der Waals surface area contributed by atoms with E-state index in [1.807, 2.05) is 43.9 Å². The Balaban J connectivity index is 1.71. The van der Waals surface area contributed by atoms with Crippen molar-refractivity contribution in [3.05, 3.63) is 60.2 Å². The van der Waals surface area contributed by atoms with E-state index in [9.17, 15) is 0 Å². The highest BCUT2D eigenvalue weighted by molar-refractivity contribution is 7.98. The lowest BCUT2D eigenvalue weighted by Gasteiger charge is -2.08. The number of benzene rings is 2. The molecule has 3 aromatic rings. The second-order valence-electron chi connectivity index (χ2n) is 5.55. The molecule has 0 aliphatic rings. The molecule has 0 saturated heterocycles. The molecule has 0 N–H and O–H groups in total. The van der Waals surface area contributed by atoms with Gasteiger partial charge in [-0.2, -0.15) is 4.98 Å². The predicted octanol–water partition coefficient (Wildman–Crippen LogP) is 3.84. The molecule has 1 heterocycles. The van der Waals surface area contributed by atoms with E-state index in [0.29, 0.717) is 0 Å². The van der Waals surface area contributed by atoms with Gasteiger partial charge in [-0.15, -0.1) is 16.9 Å². The molecule has 5 heteroatoms. The standard InChI is InChI=1S/C18H20N4S/c1-21(2)18-19-17(20-22(18)3)15-9-11-16(12-10-15)23-13-14-7-5-4-6-8-14/h4-12H,13H2,1-3H3. The number of thioether (sulfide) groups is 1. The number of hydrogen-bond donors (Lipinski definition) is 0. The fourth-order valence-corrected chi connectivity index (χ4v) is 3.18. The van der Waals surface area contributed by atoms with Gasteiger partial charge in [0.15, 0.2) is 5.82 Å². The average Bonchev–Trinajstić information content (AvgIpc) is 2.96. The van der Waals surface area contributed by atoms with Crippen molar-refractivity contribution in [1.29, 1.82) is 0 Å². The molecule has 0 unspecified atom stereocenters. The SMILES string of the molecule is CN(C)c1nc(-c2ccc(SCc3ccccc3)cc2)nn1C. The number of hydrogen-bond acceptors (Lipinski definition) is 4. The number of nitrogens with zero attached hydrogens (tertiary/aromatic N) is 4. The summed E-state index contributed by atoms with van der Waals surface area (Å²) in [7, 11) is 5.85. The molecule has 1 aromatic heterocycles. The van der Waals surface area contributed by atoms with Crippen molar-refractivity contribution in [2.24, 2.45) is 7.05 Å². The summed E-state index contributed by atoms with van der Waals surface area (Å²) in [5.41, 5.74) is 2.38. The topological polar surface area (TPSA) is 34.0 Å². The van der Waals surface area contributed by atoms with Crippen LogP contribution in [0.2, 0.25) is 0 Å².